The normalized spacial score (nSPS) is 13.1. The van der Waals surface area contributed by atoms with Gasteiger partial charge < -0.3 is 10.2 Å². The first-order valence-electron chi connectivity index (χ1n) is 6.23. The Balaban J connectivity index is 2.60. The lowest BCUT2D eigenvalue weighted by Crippen LogP contribution is -2.43. The van der Waals surface area contributed by atoms with Gasteiger partial charge in [0.05, 0.1) is 5.69 Å². The molecule has 0 unspecified atom stereocenters. The van der Waals surface area contributed by atoms with Crippen molar-refractivity contribution in [3.8, 4) is 0 Å². The summed E-state index contributed by atoms with van der Waals surface area (Å²) in [7, 11) is 4.06. The van der Waals surface area contributed by atoms with Crippen LogP contribution in [0.2, 0.25) is 0 Å². The van der Waals surface area contributed by atoms with Crippen LogP contribution in [-0.4, -0.2) is 47.1 Å². The highest BCUT2D eigenvalue weighted by Gasteiger charge is 2.19. The number of carbonyl (C=O) groups excluding carboxylic acids is 1. The Morgan fingerprint density at radius 2 is 2.11 bits per heavy atom. The topological polar surface area (TPSA) is 58.1 Å². The fourth-order valence-electron chi connectivity index (χ4n) is 1.90. The van der Waals surface area contributed by atoms with E-state index in [1.54, 1.807) is 0 Å². The minimum atomic E-state index is -0.0608. The summed E-state index contributed by atoms with van der Waals surface area (Å²) in [6.07, 6.45) is 0.737. The molecule has 1 amide bonds. The van der Waals surface area contributed by atoms with E-state index in [-0.39, 0.29) is 5.91 Å². The molecule has 102 valence electrons. The van der Waals surface area contributed by atoms with Crippen molar-refractivity contribution in [3.63, 3.8) is 0 Å². The molecular weight excluding hydrogens is 248 g/mol. The zero-order chi connectivity index (χ0) is 13.7. The number of aryl methyl sites for hydroxylation is 1. The number of nitrogens with zero attached hydrogens (tertiary/aromatic N) is 3. The van der Waals surface area contributed by atoms with E-state index in [0.29, 0.717) is 23.4 Å². The van der Waals surface area contributed by atoms with Gasteiger partial charge in [0.25, 0.3) is 5.91 Å². The van der Waals surface area contributed by atoms with Crippen LogP contribution in [0.1, 0.15) is 36.1 Å². The van der Waals surface area contributed by atoms with E-state index in [0.717, 1.165) is 23.6 Å². The molecule has 1 aromatic heterocycles. The molecule has 0 spiro atoms. The van der Waals surface area contributed by atoms with Crippen LogP contribution in [0.15, 0.2) is 0 Å². The van der Waals surface area contributed by atoms with E-state index in [1.807, 2.05) is 21.0 Å². The third-order valence-electron chi connectivity index (χ3n) is 3.00. The Bertz CT molecular complexity index is 381. The van der Waals surface area contributed by atoms with E-state index in [1.165, 1.54) is 0 Å². The van der Waals surface area contributed by atoms with Crippen LogP contribution in [-0.2, 0) is 6.42 Å². The van der Waals surface area contributed by atoms with Crippen LogP contribution >= 0.6 is 11.5 Å². The molecule has 1 aromatic rings. The van der Waals surface area contributed by atoms with Crippen LogP contribution in [0, 0.1) is 5.92 Å². The number of likely N-dealkylation sites (N-methyl/N-ethyl adjacent to an activating group) is 1. The van der Waals surface area contributed by atoms with Gasteiger partial charge in [0.15, 0.2) is 0 Å². The predicted octanol–water partition coefficient (Wildman–Crippen LogP) is 1.42. The zero-order valence-electron chi connectivity index (χ0n) is 11.7. The summed E-state index contributed by atoms with van der Waals surface area (Å²) in [6, 6.07) is 0.333. The van der Waals surface area contributed by atoms with Gasteiger partial charge in [-0.2, -0.15) is 0 Å². The second kappa shape index (κ2) is 6.80. The molecule has 0 bridgehead atoms. The number of amides is 1. The Morgan fingerprint density at radius 1 is 1.44 bits per heavy atom. The molecule has 0 saturated heterocycles. The van der Waals surface area contributed by atoms with Gasteiger partial charge in [-0.3, -0.25) is 4.79 Å². The molecular formula is C12H22N4OS. The first-order chi connectivity index (χ1) is 8.47. The van der Waals surface area contributed by atoms with Gasteiger partial charge >= 0.3 is 0 Å². The molecule has 0 aliphatic carbocycles. The van der Waals surface area contributed by atoms with Gasteiger partial charge in [0.1, 0.15) is 4.88 Å². The monoisotopic (exact) mass is 270 g/mol. The minimum absolute atomic E-state index is 0.0608. The molecule has 0 radical (unpaired) electrons. The molecule has 5 nitrogen and oxygen atoms in total. The van der Waals surface area contributed by atoms with Crippen molar-refractivity contribution in [3.05, 3.63) is 10.6 Å². The largest absolute Gasteiger partial charge is 0.350 e. The third kappa shape index (κ3) is 3.74. The first-order valence-corrected chi connectivity index (χ1v) is 7.00. The van der Waals surface area contributed by atoms with E-state index in [4.69, 9.17) is 0 Å². The Hall–Kier alpha value is -1.01. The van der Waals surface area contributed by atoms with Crippen LogP contribution in [0.5, 0.6) is 0 Å². The molecule has 0 aromatic carbocycles. The van der Waals surface area contributed by atoms with E-state index in [9.17, 15) is 4.79 Å². The Morgan fingerprint density at radius 3 is 2.61 bits per heavy atom. The summed E-state index contributed by atoms with van der Waals surface area (Å²) in [4.78, 5) is 14.8. The van der Waals surface area contributed by atoms with Gasteiger partial charge in [-0.1, -0.05) is 25.3 Å². The zero-order valence-corrected chi connectivity index (χ0v) is 12.5. The van der Waals surface area contributed by atoms with Crippen LogP contribution in [0.3, 0.4) is 0 Å². The second-order valence-electron chi connectivity index (χ2n) is 4.89. The smallest absolute Gasteiger partial charge is 0.265 e. The predicted molar refractivity (Wildman–Crippen MR) is 73.9 cm³/mol. The van der Waals surface area contributed by atoms with Crippen molar-refractivity contribution >= 4 is 17.4 Å². The number of rotatable bonds is 6. The summed E-state index contributed by atoms with van der Waals surface area (Å²) in [5, 5.41) is 6.92. The molecule has 1 heterocycles. The summed E-state index contributed by atoms with van der Waals surface area (Å²) in [5.41, 5.74) is 0.781. The molecule has 1 atom stereocenters. The highest BCUT2D eigenvalue weighted by atomic mass is 32.1. The number of aromatic nitrogens is 2. The summed E-state index contributed by atoms with van der Waals surface area (Å²) in [5.74, 6) is 0.430. The van der Waals surface area contributed by atoms with E-state index in [2.05, 4.69) is 33.7 Å². The fraction of sp³-hybridized carbons (Fsp3) is 0.750. The summed E-state index contributed by atoms with van der Waals surface area (Å²) in [6.45, 7) is 6.93. The second-order valence-corrected chi connectivity index (χ2v) is 5.64. The molecule has 0 aliphatic rings. The van der Waals surface area contributed by atoms with E-state index >= 15 is 0 Å². The minimum Gasteiger partial charge on any atom is -0.350 e. The number of nitrogens with one attached hydrogen (secondary N) is 1. The summed E-state index contributed by atoms with van der Waals surface area (Å²) < 4.78 is 3.83. The van der Waals surface area contributed by atoms with Crippen molar-refractivity contribution in [1.29, 1.82) is 0 Å². The molecule has 18 heavy (non-hydrogen) atoms. The SMILES string of the molecule is CCc1nnsc1C(=O)NC[C@@H](C(C)C)N(C)C. The fourth-order valence-corrected chi connectivity index (χ4v) is 2.57. The molecule has 1 rings (SSSR count). The maximum Gasteiger partial charge on any atom is 0.265 e. The van der Waals surface area contributed by atoms with Crippen molar-refractivity contribution in [2.45, 2.75) is 33.2 Å². The van der Waals surface area contributed by atoms with Gasteiger partial charge in [-0.05, 0) is 38.0 Å². The molecule has 6 heteroatoms. The van der Waals surface area contributed by atoms with Crippen LogP contribution in [0.4, 0.5) is 0 Å². The maximum absolute atomic E-state index is 12.0. The molecule has 0 aliphatic heterocycles. The van der Waals surface area contributed by atoms with Crippen molar-refractivity contribution in [2.75, 3.05) is 20.6 Å². The highest BCUT2D eigenvalue weighted by molar-refractivity contribution is 7.08. The molecule has 1 N–H and O–H groups in total. The van der Waals surface area contributed by atoms with Gasteiger partial charge in [-0.25, -0.2) is 0 Å². The highest BCUT2D eigenvalue weighted by Crippen LogP contribution is 2.11. The van der Waals surface area contributed by atoms with Crippen molar-refractivity contribution < 1.29 is 4.79 Å². The Labute approximate surface area is 113 Å². The first kappa shape index (κ1) is 15.0. The molecule has 0 fully saturated rings. The average molecular weight is 270 g/mol. The quantitative estimate of drug-likeness (QED) is 0.849. The lowest BCUT2D eigenvalue weighted by atomic mass is 10.0. The number of hydrogen-bond donors (Lipinski definition) is 1. The van der Waals surface area contributed by atoms with Crippen LogP contribution in [0.25, 0.3) is 0 Å². The van der Waals surface area contributed by atoms with Gasteiger partial charge in [-0.15, -0.1) is 5.10 Å². The van der Waals surface area contributed by atoms with Crippen molar-refractivity contribution in [2.24, 2.45) is 5.92 Å². The third-order valence-corrected chi connectivity index (χ3v) is 3.77. The van der Waals surface area contributed by atoms with Gasteiger partial charge in [0, 0.05) is 12.6 Å². The standard InChI is InChI=1S/C12H22N4OS/c1-6-9-11(18-15-14-9)12(17)13-7-10(8(2)3)16(4)5/h8,10H,6-7H2,1-5H3,(H,13,17)/t10-/m0/s1. The van der Waals surface area contributed by atoms with E-state index < -0.39 is 0 Å². The number of carbonyl (C=O) groups is 1. The van der Waals surface area contributed by atoms with Gasteiger partial charge in [0.2, 0.25) is 0 Å². The number of hydrogen-bond acceptors (Lipinski definition) is 5. The molecule has 0 saturated carbocycles. The van der Waals surface area contributed by atoms with Crippen LogP contribution < -0.4 is 5.32 Å². The summed E-state index contributed by atoms with van der Waals surface area (Å²) >= 11 is 1.16. The lowest BCUT2D eigenvalue weighted by Gasteiger charge is -2.27. The lowest BCUT2D eigenvalue weighted by molar-refractivity contribution is 0.0937. The average Bonchev–Trinajstić information content (AvgIpc) is 2.75. The Kier molecular flexibility index (Phi) is 5.68. The van der Waals surface area contributed by atoms with Crippen molar-refractivity contribution in [1.82, 2.24) is 19.8 Å². The maximum atomic E-state index is 12.0.